The maximum Gasteiger partial charge on any atom is 0.423 e. The molecule has 9 heteroatoms. The van der Waals surface area contributed by atoms with Gasteiger partial charge in [-0.2, -0.15) is 26.3 Å². The molecular weight excluding hydrogens is 338 g/mol. The molecule has 98 valence electrons. The molecule has 0 aliphatic carbocycles. The van der Waals surface area contributed by atoms with Gasteiger partial charge in [-0.25, -0.2) is 0 Å². The van der Waals surface area contributed by atoms with Gasteiger partial charge < -0.3 is 4.74 Å². The molecular formula is C8H5BrF6OS. The third-order valence-electron chi connectivity index (χ3n) is 1.61. The van der Waals surface area contributed by atoms with Gasteiger partial charge in [-0.15, -0.1) is 11.3 Å². The molecule has 0 aliphatic heterocycles. The topological polar surface area (TPSA) is 9.23 Å². The predicted octanol–water partition coefficient (Wildman–Crippen LogP) is 4.52. The fraction of sp³-hybridized carbons (Fsp3) is 0.500. The molecule has 0 fully saturated rings. The van der Waals surface area contributed by atoms with Crippen LogP contribution in [0.5, 0.6) is 0 Å². The molecule has 0 bridgehead atoms. The summed E-state index contributed by atoms with van der Waals surface area (Å²) in [5.74, 6) is 0. The van der Waals surface area contributed by atoms with Crippen molar-refractivity contribution >= 4 is 27.3 Å². The Bertz CT molecular complexity index is 357. The van der Waals surface area contributed by atoms with E-state index in [4.69, 9.17) is 0 Å². The Morgan fingerprint density at radius 1 is 1.18 bits per heavy atom. The Kier molecular flexibility index (Phi) is 4.48. The first-order chi connectivity index (χ1) is 7.60. The first-order valence-corrected chi connectivity index (χ1v) is 5.76. The lowest BCUT2D eigenvalue weighted by Gasteiger charge is -2.22. The average Bonchev–Trinajstić information content (AvgIpc) is 2.46. The summed E-state index contributed by atoms with van der Waals surface area (Å²) in [5.41, 5.74) is 0. The molecule has 0 radical (unpaired) electrons. The van der Waals surface area contributed by atoms with Gasteiger partial charge in [0.05, 0.1) is 6.61 Å². The number of ether oxygens (including phenoxy) is 1. The summed E-state index contributed by atoms with van der Waals surface area (Å²) < 4.78 is 76.9. The Balaban J connectivity index is 2.69. The highest BCUT2D eigenvalue weighted by molar-refractivity contribution is 9.10. The van der Waals surface area contributed by atoms with Crippen LogP contribution in [0.2, 0.25) is 0 Å². The fourth-order valence-corrected chi connectivity index (χ4v) is 2.34. The van der Waals surface area contributed by atoms with Gasteiger partial charge in [-0.1, -0.05) is 0 Å². The van der Waals surface area contributed by atoms with E-state index >= 15 is 0 Å². The van der Waals surface area contributed by atoms with E-state index in [9.17, 15) is 26.3 Å². The van der Waals surface area contributed by atoms with E-state index < -0.39 is 25.1 Å². The minimum atomic E-state index is -5.47. The van der Waals surface area contributed by atoms with Crippen LogP contribution in [-0.2, 0) is 11.3 Å². The van der Waals surface area contributed by atoms with Crippen molar-refractivity contribution in [3.8, 4) is 0 Å². The van der Waals surface area contributed by atoms with Crippen LogP contribution >= 0.6 is 27.3 Å². The first-order valence-electron chi connectivity index (χ1n) is 4.08. The lowest BCUT2D eigenvalue weighted by atomic mass is 10.3. The molecule has 1 nitrogen and oxygen atoms in total. The second kappa shape index (κ2) is 5.15. The molecule has 1 rings (SSSR count). The van der Waals surface area contributed by atoms with E-state index in [-0.39, 0.29) is 4.88 Å². The molecule has 0 saturated carbocycles. The fourth-order valence-electron chi connectivity index (χ4n) is 0.970. The van der Waals surface area contributed by atoms with Crippen molar-refractivity contribution in [2.45, 2.75) is 25.1 Å². The quantitative estimate of drug-likeness (QED) is 0.734. The standard InChI is InChI=1S/C8H5BrF6OS/c9-4-1-5(17-3-4)2-16-6(7(10,11)12)8(13,14)15/h1,3,6H,2H2. The van der Waals surface area contributed by atoms with Crippen LogP contribution in [0.1, 0.15) is 4.88 Å². The second-order valence-electron chi connectivity index (χ2n) is 3.01. The van der Waals surface area contributed by atoms with Crippen LogP contribution in [0.25, 0.3) is 0 Å². The maximum atomic E-state index is 12.1. The van der Waals surface area contributed by atoms with E-state index in [1.165, 1.54) is 11.4 Å². The number of thiophene rings is 1. The van der Waals surface area contributed by atoms with E-state index in [2.05, 4.69) is 20.7 Å². The molecule has 1 aromatic heterocycles. The van der Waals surface area contributed by atoms with E-state index in [1.54, 1.807) is 0 Å². The number of hydrogen-bond acceptors (Lipinski definition) is 2. The molecule has 0 aromatic carbocycles. The summed E-state index contributed by atoms with van der Waals surface area (Å²) in [6.07, 6.45) is -14.7. The highest BCUT2D eigenvalue weighted by atomic mass is 79.9. The van der Waals surface area contributed by atoms with Gasteiger partial charge >= 0.3 is 12.4 Å². The highest BCUT2D eigenvalue weighted by Crippen LogP contribution is 2.36. The van der Waals surface area contributed by atoms with Gasteiger partial charge in [0.2, 0.25) is 6.10 Å². The van der Waals surface area contributed by atoms with Crippen molar-refractivity contribution in [3.63, 3.8) is 0 Å². The monoisotopic (exact) mass is 342 g/mol. The highest BCUT2D eigenvalue weighted by Gasteiger charge is 2.57. The zero-order valence-electron chi connectivity index (χ0n) is 7.90. The molecule has 0 unspecified atom stereocenters. The molecule has 0 spiro atoms. The molecule has 1 heterocycles. The summed E-state index contributed by atoms with van der Waals surface area (Å²) in [5, 5.41) is 1.54. The molecule has 17 heavy (non-hydrogen) atoms. The van der Waals surface area contributed by atoms with Crippen LogP contribution < -0.4 is 0 Å². The zero-order valence-corrected chi connectivity index (χ0v) is 10.3. The van der Waals surface area contributed by atoms with Crippen molar-refractivity contribution in [2.75, 3.05) is 0 Å². The van der Waals surface area contributed by atoms with E-state index in [0.29, 0.717) is 4.47 Å². The molecule has 0 atom stereocenters. The minimum Gasteiger partial charge on any atom is -0.355 e. The third kappa shape index (κ3) is 4.47. The van der Waals surface area contributed by atoms with Gasteiger partial charge in [0.25, 0.3) is 0 Å². The van der Waals surface area contributed by atoms with E-state index in [1.807, 2.05) is 0 Å². The lowest BCUT2D eigenvalue weighted by molar-refractivity contribution is -0.324. The number of rotatable bonds is 3. The Labute approximate surface area is 105 Å². The van der Waals surface area contributed by atoms with Crippen LogP contribution in [0.4, 0.5) is 26.3 Å². The van der Waals surface area contributed by atoms with Crippen molar-refractivity contribution in [2.24, 2.45) is 0 Å². The average molecular weight is 343 g/mol. The first kappa shape index (κ1) is 14.8. The number of halogens is 7. The summed E-state index contributed by atoms with van der Waals surface area (Å²) in [7, 11) is 0. The maximum absolute atomic E-state index is 12.1. The Morgan fingerprint density at radius 3 is 2.06 bits per heavy atom. The second-order valence-corrected chi connectivity index (χ2v) is 4.92. The Hall–Kier alpha value is -0.280. The number of alkyl halides is 6. The van der Waals surface area contributed by atoms with Crippen LogP contribution in [0, 0.1) is 0 Å². The third-order valence-corrected chi connectivity index (χ3v) is 3.28. The van der Waals surface area contributed by atoms with E-state index in [0.717, 1.165) is 11.3 Å². The summed E-state index contributed by atoms with van der Waals surface area (Å²) in [6, 6.07) is 1.40. The predicted molar refractivity (Wildman–Crippen MR) is 52.7 cm³/mol. The summed E-state index contributed by atoms with van der Waals surface area (Å²) >= 11 is 4.03. The Morgan fingerprint density at radius 2 is 1.71 bits per heavy atom. The van der Waals surface area contributed by atoms with Gasteiger partial charge in [-0.05, 0) is 22.0 Å². The van der Waals surface area contributed by atoms with Gasteiger partial charge in [-0.3, -0.25) is 0 Å². The van der Waals surface area contributed by atoms with Crippen molar-refractivity contribution in [3.05, 3.63) is 20.8 Å². The summed E-state index contributed by atoms with van der Waals surface area (Å²) in [6.45, 7) is -0.736. The molecule has 0 N–H and O–H groups in total. The lowest BCUT2D eigenvalue weighted by Crippen LogP contribution is -2.44. The van der Waals surface area contributed by atoms with Crippen LogP contribution in [-0.4, -0.2) is 18.5 Å². The van der Waals surface area contributed by atoms with Crippen LogP contribution in [0.15, 0.2) is 15.9 Å². The normalized spacial score (nSPS) is 13.4. The zero-order chi connectivity index (χ0) is 13.3. The summed E-state index contributed by atoms with van der Waals surface area (Å²) in [4.78, 5) is 0.273. The van der Waals surface area contributed by atoms with Gasteiger partial charge in [0.15, 0.2) is 0 Å². The van der Waals surface area contributed by atoms with Crippen molar-refractivity contribution in [1.82, 2.24) is 0 Å². The number of hydrogen-bond donors (Lipinski definition) is 0. The molecule has 0 saturated heterocycles. The smallest absolute Gasteiger partial charge is 0.355 e. The molecule has 1 aromatic rings. The SMILES string of the molecule is FC(F)(F)C(OCc1cc(Br)cs1)C(F)(F)F. The minimum absolute atomic E-state index is 0.273. The molecule has 0 amide bonds. The van der Waals surface area contributed by atoms with Crippen molar-refractivity contribution < 1.29 is 31.1 Å². The van der Waals surface area contributed by atoms with Gasteiger partial charge in [0.1, 0.15) is 0 Å². The van der Waals surface area contributed by atoms with Crippen LogP contribution in [0.3, 0.4) is 0 Å². The molecule has 0 aliphatic rings. The van der Waals surface area contributed by atoms with Gasteiger partial charge in [0, 0.05) is 14.7 Å². The largest absolute Gasteiger partial charge is 0.423 e. The van der Waals surface area contributed by atoms with Crippen molar-refractivity contribution in [1.29, 1.82) is 0 Å².